The van der Waals surface area contributed by atoms with Crippen LogP contribution in [0.5, 0.6) is 5.75 Å². The fraction of sp³-hybridized carbons (Fsp3) is 0.750. The van der Waals surface area contributed by atoms with Crippen molar-refractivity contribution in [3.8, 4) is 5.75 Å². The van der Waals surface area contributed by atoms with Gasteiger partial charge >= 0.3 is 0 Å². The number of sulfonamides is 1. The van der Waals surface area contributed by atoms with Crippen LogP contribution in [0.4, 0.5) is 0 Å². The van der Waals surface area contributed by atoms with E-state index in [2.05, 4.69) is 17.3 Å². The summed E-state index contributed by atoms with van der Waals surface area (Å²) in [5, 5.41) is 3.42. The molecule has 216 valence electrons. The molecule has 1 heterocycles. The fourth-order valence-electron chi connectivity index (χ4n) is 5.91. The van der Waals surface area contributed by atoms with Gasteiger partial charge in [-0.2, -0.15) is 4.31 Å². The van der Waals surface area contributed by atoms with Crippen LogP contribution in [0, 0.1) is 19.8 Å². The van der Waals surface area contributed by atoms with Crippen molar-refractivity contribution in [2.24, 2.45) is 5.92 Å². The molecule has 9 nitrogen and oxygen atoms in total. The quantitative estimate of drug-likeness (QED) is 0.399. The molecule has 0 spiro atoms. The van der Waals surface area contributed by atoms with Crippen LogP contribution in [0.2, 0.25) is 0 Å². The Balaban J connectivity index is 1.39. The second-order valence-corrected chi connectivity index (χ2v) is 13.0. The number of rotatable bonds is 12. The van der Waals surface area contributed by atoms with E-state index in [0.29, 0.717) is 28.8 Å². The van der Waals surface area contributed by atoms with Crippen molar-refractivity contribution in [3.05, 3.63) is 23.3 Å². The number of carbonyl (C=O) groups excluding carboxylic acids is 1. The van der Waals surface area contributed by atoms with Crippen molar-refractivity contribution in [2.45, 2.75) is 69.4 Å². The number of ether oxygens (including phenoxy) is 2. The number of likely N-dealkylation sites (N-methyl/N-ethyl adjacent to an activating group) is 3. The number of likely N-dealkylation sites (tertiary alicyclic amines) is 1. The first-order valence-electron chi connectivity index (χ1n) is 13.9. The lowest BCUT2D eigenvalue weighted by molar-refractivity contribution is -0.137. The Bertz CT molecular complexity index is 1000. The van der Waals surface area contributed by atoms with Crippen LogP contribution < -0.4 is 10.1 Å². The summed E-state index contributed by atoms with van der Waals surface area (Å²) in [5.74, 6) is 1.29. The number of amides is 1. The van der Waals surface area contributed by atoms with E-state index in [0.717, 1.165) is 38.8 Å². The highest BCUT2D eigenvalue weighted by Crippen LogP contribution is 2.29. The number of carbonyl (C=O) groups is 1. The predicted molar refractivity (Wildman–Crippen MR) is 150 cm³/mol. The minimum absolute atomic E-state index is 0.0376. The van der Waals surface area contributed by atoms with Gasteiger partial charge in [-0.25, -0.2) is 8.42 Å². The fourth-order valence-corrected chi connectivity index (χ4v) is 7.46. The molecule has 2 fully saturated rings. The molecule has 1 aliphatic heterocycles. The Morgan fingerprint density at radius 1 is 1.11 bits per heavy atom. The van der Waals surface area contributed by atoms with E-state index in [-0.39, 0.29) is 36.6 Å². The maximum absolute atomic E-state index is 13.1. The van der Waals surface area contributed by atoms with Crippen LogP contribution in [0.15, 0.2) is 17.0 Å². The molecule has 0 aromatic heterocycles. The van der Waals surface area contributed by atoms with Crippen molar-refractivity contribution in [2.75, 3.05) is 67.6 Å². The summed E-state index contributed by atoms with van der Waals surface area (Å²) in [6.45, 7) is 7.32. The maximum Gasteiger partial charge on any atom is 0.248 e. The average molecular weight is 553 g/mol. The number of piperidine rings is 1. The van der Waals surface area contributed by atoms with E-state index in [1.165, 1.54) is 30.7 Å². The molecule has 3 rings (SSSR count). The molecule has 0 radical (unpaired) electrons. The molecule has 0 unspecified atom stereocenters. The Morgan fingerprint density at radius 2 is 1.76 bits per heavy atom. The van der Waals surface area contributed by atoms with E-state index < -0.39 is 10.0 Å². The lowest BCUT2D eigenvalue weighted by Gasteiger charge is -2.39. The topological polar surface area (TPSA) is 91.4 Å². The van der Waals surface area contributed by atoms with Gasteiger partial charge in [0, 0.05) is 45.8 Å². The lowest BCUT2D eigenvalue weighted by Crippen LogP contribution is -2.47. The molecule has 1 atom stereocenters. The number of nitrogens with one attached hydrogen (secondary N) is 1. The van der Waals surface area contributed by atoms with Crippen LogP contribution in [0.3, 0.4) is 0 Å². The maximum atomic E-state index is 13.1. The summed E-state index contributed by atoms with van der Waals surface area (Å²) in [5.41, 5.74) is 1.28. The number of hydrogen-bond donors (Lipinski definition) is 1. The Kier molecular flexibility index (Phi) is 11.4. The Labute approximate surface area is 229 Å². The van der Waals surface area contributed by atoms with Gasteiger partial charge in [0.1, 0.15) is 12.4 Å². The first-order chi connectivity index (χ1) is 18.1. The number of aryl methyl sites for hydroxylation is 2. The third-order valence-corrected chi connectivity index (χ3v) is 10.5. The van der Waals surface area contributed by atoms with E-state index in [1.54, 1.807) is 33.1 Å². The third kappa shape index (κ3) is 7.91. The monoisotopic (exact) mass is 552 g/mol. The molecule has 0 bridgehead atoms. The zero-order valence-electron chi connectivity index (χ0n) is 24.2. The first kappa shape index (κ1) is 30.8. The van der Waals surface area contributed by atoms with Gasteiger partial charge in [0.05, 0.1) is 18.6 Å². The summed E-state index contributed by atoms with van der Waals surface area (Å²) >= 11 is 0. The van der Waals surface area contributed by atoms with Gasteiger partial charge in [0.25, 0.3) is 0 Å². The number of methoxy groups -OCH3 is 1. The molecule has 10 heteroatoms. The van der Waals surface area contributed by atoms with Crippen LogP contribution in [-0.4, -0.2) is 108 Å². The van der Waals surface area contributed by atoms with Crippen molar-refractivity contribution in [1.29, 1.82) is 0 Å². The summed E-state index contributed by atoms with van der Waals surface area (Å²) < 4.78 is 38.4. The first-order valence-corrected chi connectivity index (χ1v) is 15.3. The zero-order valence-corrected chi connectivity index (χ0v) is 25.0. The van der Waals surface area contributed by atoms with Crippen LogP contribution in [0.1, 0.15) is 49.7 Å². The normalized spacial score (nSPS) is 23.0. The van der Waals surface area contributed by atoms with E-state index in [1.807, 2.05) is 11.9 Å². The van der Waals surface area contributed by atoms with Gasteiger partial charge in [-0.3, -0.25) is 4.79 Å². The molecule has 1 N–H and O–H groups in total. The van der Waals surface area contributed by atoms with Crippen LogP contribution in [0.25, 0.3) is 0 Å². The Morgan fingerprint density at radius 3 is 2.37 bits per heavy atom. The summed E-state index contributed by atoms with van der Waals surface area (Å²) in [6, 6.07) is 4.30. The molecular formula is C28H48N4O5S. The Hall–Kier alpha value is -1.72. The van der Waals surface area contributed by atoms with Crippen LogP contribution in [-0.2, 0) is 19.6 Å². The van der Waals surface area contributed by atoms with Crippen molar-refractivity contribution in [1.82, 2.24) is 19.4 Å². The molecule has 1 aliphatic carbocycles. The van der Waals surface area contributed by atoms with Crippen LogP contribution >= 0.6 is 0 Å². The van der Waals surface area contributed by atoms with Crippen molar-refractivity contribution in [3.63, 3.8) is 0 Å². The van der Waals surface area contributed by atoms with E-state index in [4.69, 9.17) is 9.47 Å². The number of hydrogen-bond acceptors (Lipinski definition) is 7. The van der Waals surface area contributed by atoms with Crippen molar-refractivity contribution >= 4 is 15.9 Å². The zero-order chi connectivity index (χ0) is 27.9. The highest BCUT2D eigenvalue weighted by Gasteiger charge is 2.29. The second kappa shape index (κ2) is 14.1. The summed E-state index contributed by atoms with van der Waals surface area (Å²) in [4.78, 5) is 17.5. The highest BCUT2D eigenvalue weighted by atomic mass is 32.2. The minimum Gasteiger partial charge on any atom is -0.497 e. The van der Waals surface area contributed by atoms with E-state index >= 15 is 0 Å². The van der Waals surface area contributed by atoms with Gasteiger partial charge in [0.15, 0.2) is 0 Å². The smallest absolute Gasteiger partial charge is 0.248 e. The second-order valence-electron chi connectivity index (χ2n) is 11.0. The predicted octanol–water partition coefficient (Wildman–Crippen LogP) is 2.65. The van der Waals surface area contributed by atoms with Gasteiger partial charge in [0.2, 0.25) is 15.9 Å². The SMILES string of the molecule is CN[C@H]1CCCN(CC2CCC(N(C)C(=O)COCCN(C)S(=O)(=O)c3c(C)cc(OC)cc3C)CC2)C1. The summed E-state index contributed by atoms with van der Waals surface area (Å²) in [6.07, 6.45) is 6.88. The standard InChI is InChI=1S/C28H48N4O5S/c1-21-16-26(36-6)17-22(2)28(21)38(34,35)30(4)14-15-37-20-27(33)31(5)25-11-9-23(10-12-25)18-32-13-7-8-24(19-32)29-3/h16-17,23-25,29H,7-15,18-20H2,1-6H3/t23?,24-,25?/m0/s1. The number of nitrogens with zero attached hydrogens (tertiary/aromatic N) is 3. The molecule has 1 amide bonds. The van der Waals surface area contributed by atoms with E-state index in [9.17, 15) is 13.2 Å². The molecular weight excluding hydrogens is 504 g/mol. The number of benzene rings is 1. The molecule has 2 aliphatic rings. The van der Waals surface area contributed by atoms with Gasteiger partial charge < -0.3 is 24.6 Å². The molecule has 1 saturated carbocycles. The van der Waals surface area contributed by atoms with Gasteiger partial charge in [-0.05, 0) is 95.1 Å². The highest BCUT2D eigenvalue weighted by molar-refractivity contribution is 7.89. The third-order valence-electron chi connectivity index (χ3n) is 8.30. The van der Waals surface area contributed by atoms with Crippen molar-refractivity contribution < 1.29 is 22.7 Å². The largest absolute Gasteiger partial charge is 0.497 e. The molecule has 1 aromatic carbocycles. The summed E-state index contributed by atoms with van der Waals surface area (Å²) in [7, 11) is 3.34. The lowest BCUT2D eigenvalue weighted by atomic mass is 9.84. The average Bonchev–Trinajstić information content (AvgIpc) is 2.90. The van der Waals surface area contributed by atoms with Gasteiger partial charge in [-0.1, -0.05) is 0 Å². The minimum atomic E-state index is -3.68. The molecule has 38 heavy (non-hydrogen) atoms. The molecule has 1 aromatic rings. The van der Waals surface area contributed by atoms with Gasteiger partial charge in [-0.15, -0.1) is 0 Å². The molecule has 1 saturated heterocycles.